The maximum absolute atomic E-state index is 11.8. The van der Waals surface area contributed by atoms with E-state index in [0.29, 0.717) is 6.42 Å². The maximum atomic E-state index is 11.8. The fourth-order valence-electron chi connectivity index (χ4n) is 1.23. The SMILES string of the molecule is CC(C)(C)CCS(=O)(=O)Nc1ccc(C(=O)O)cn1. The van der Waals surface area contributed by atoms with E-state index in [1.165, 1.54) is 12.1 Å². The number of aromatic carboxylic acids is 1. The number of carboxylic acids is 1. The van der Waals surface area contributed by atoms with Crippen molar-refractivity contribution in [2.45, 2.75) is 27.2 Å². The number of carbonyl (C=O) groups is 1. The molecule has 1 heterocycles. The van der Waals surface area contributed by atoms with E-state index in [2.05, 4.69) is 9.71 Å². The zero-order valence-corrected chi connectivity index (χ0v) is 12.0. The molecule has 0 aromatic carbocycles. The molecule has 19 heavy (non-hydrogen) atoms. The molecule has 1 aromatic rings. The van der Waals surface area contributed by atoms with Gasteiger partial charge in [0.2, 0.25) is 10.0 Å². The van der Waals surface area contributed by atoms with Crippen LogP contribution in [0.1, 0.15) is 37.6 Å². The number of hydrogen-bond donors (Lipinski definition) is 2. The molecule has 0 amide bonds. The van der Waals surface area contributed by atoms with Crippen molar-refractivity contribution in [3.8, 4) is 0 Å². The van der Waals surface area contributed by atoms with Crippen molar-refractivity contribution in [2.75, 3.05) is 10.5 Å². The lowest BCUT2D eigenvalue weighted by Gasteiger charge is -2.17. The van der Waals surface area contributed by atoms with E-state index in [4.69, 9.17) is 5.11 Å². The number of anilines is 1. The molecular weight excluding hydrogens is 268 g/mol. The molecule has 0 spiro atoms. The second-order valence-electron chi connectivity index (χ2n) is 5.47. The molecular formula is C12H18N2O4S. The third-order valence-corrected chi connectivity index (χ3v) is 3.65. The Bertz CT molecular complexity index is 544. The zero-order chi connectivity index (χ0) is 14.7. The van der Waals surface area contributed by atoms with E-state index in [-0.39, 0.29) is 22.5 Å². The third-order valence-electron chi connectivity index (χ3n) is 2.39. The molecule has 0 atom stereocenters. The first-order valence-corrected chi connectivity index (χ1v) is 7.44. The summed E-state index contributed by atoms with van der Waals surface area (Å²) in [6.45, 7) is 5.88. The van der Waals surface area contributed by atoms with Gasteiger partial charge in [-0.25, -0.2) is 18.2 Å². The number of hydrogen-bond acceptors (Lipinski definition) is 4. The summed E-state index contributed by atoms with van der Waals surface area (Å²) < 4.78 is 25.9. The lowest BCUT2D eigenvalue weighted by Crippen LogP contribution is -2.21. The highest BCUT2D eigenvalue weighted by atomic mass is 32.2. The average Bonchev–Trinajstić information content (AvgIpc) is 2.26. The highest BCUT2D eigenvalue weighted by Crippen LogP contribution is 2.19. The number of aromatic nitrogens is 1. The van der Waals surface area contributed by atoms with Crippen LogP contribution < -0.4 is 4.72 Å². The quantitative estimate of drug-likeness (QED) is 0.862. The van der Waals surface area contributed by atoms with Crippen LogP contribution in [0.2, 0.25) is 0 Å². The molecule has 6 nitrogen and oxygen atoms in total. The summed E-state index contributed by atoms with van der Waals surface area (Å²) in [6, 6.07) is 2.63. The van der Waals surface area contributed by atoms with Crippen molar-refractivity contribution in [3.63, 3.8) is 0 Å². The van der Waals surface area contributed by atoms with Gasteiger partial charge in [0.25, 0.3) is 0 Å². The number of sulfonamides is 1. The predicted octanol–water partition coefficient (Wildman–Crippen LogP) is 1.96. The van der Waals surface area contributed by atoms with Gasteiger partial charge >= 0.3 is 5.97 Å². The van der Waals surface area contributed by atoms with Crippen molar-refractivity contribution < 1.29 is 18.3 Å². The Morgan fingerprint density at radius 2 is 2.00 bits per heavy atom. The summed E-state index contributed by atoms with van der Waals surface area (Å²) in [6.07, 6.45) is 1.64. The highest BCUT2D eigenvalue weighted by molar-refractivity contribution is 7.92. The van der Waals surface area contributed by atoms with Crippen LogP contribution in [0.4, 0.5) is 5.82 Å². The maximum Gasteiger partial charge on any atom is 0.337 e. The molecule has 0 aliphatic rings. The van der Waals surface area contributed by atoms with Gasteiger partial charge in [0.15, 0.2) is 0 Å². The van der Waals surface area contributed by atoms with E-state index in [9.17, 15) is 13.2 Å². The summed E-state index contributed by atoms with van der Waals surface area (Å²) in [5, 5.41) is 8.70. The molecule has 2 N–H and O–H groups in total. The van der Waals surface area contributed by atoms with E-state index >= 15 is 0 Å². The van der Waals surface area contributed by atoms with Gasteiger partial charge < -0.3 is 5.11 Å². The fourth-order valence-corrected chi connectivity index (χ4v) is 2.65. The second-order valence-corrected chi connectivity index (χ2v) is 7.31. The van der Waals surface area contributed by atoms with Gasteiger partial charge in [-0.2, -0.15) is 0 Å². The number of nitrogens with one attached hydrogen (secondary N) is 1. The van der Waals surface area contributed by atoms with Gasteiger partial charge in [0.05, 0.1) is 11.3 Å². The normalized spacial score (nSPS) is 12.2. The van der Waals surface area contributed by atoms with Crippen LogP contribution in [0.5, 0.6) is 0 Å². The molecule has 0 radical (unpaired) electrons. The Kier molecular flexibility index (Phi) is 4.52. The molecule has 0 bridgehead atoms. The van der Waals surface area contributed by atoms with E-state index < -0.39 is 16.0 Å². The first-order valence-electron chi connectivity index (χ1n) is 5.79. The summed E-state index contributed by atoms with van der Waals surface area (Å²) in [5.74, 6) is -0.979. The number of rotatable bonds is 5. The van der Waals surface area contributed by atoms with Crippen molar-refractivity contribution in [1.29, 1.82) is 0 Å². The summed E-state index contributed by atoms with van der Waals surface area (Å²) in [5.41, 5.74) is -0.0624. The van der Waals surface area contributed by atoms with E-state index in [1.807, 2.05) is 20.8 Å². The Balaban J connectivity index is 2.70. The third kappa shape index (κ3) is 5.69. The van der Waals surface area contributed by atoms with Crippen LogP contribution in [-0.2, 0) is 10.0 Å². The van der Waals surface area contributed by atoms with Crippen molar-refractivity contribution >= 4 is 21.8 Å². The highest BCUT2D eigenvalue weighted by Gasteiger charge is 2.17. The first-order chi connectivity index (χ1) is 8.59. The van der Waals surface area contributed by atoms with Crippen molar-refractivity contribution in [1.82, 2.24) is 4.98 Å². The smallest absolute Gasteiger partial charge is 0.337 e. The van der Waals surface area contributed by atoms with E-state index in [1.54, 1.807) is 0 Å². The van der Waals surface area contributed by atoms with Crippen LogP contribution in [0, 0.1) is 5.41 Å². The topological polar surface area (TPSA) is 96.4 Å². The monoisotopic (exact) mass is 286 g/mol. The van der Waals surface area contributed by atoms with Gasteiger partial charge in [-0.1, -0.05) is 20.8 Å². The van der Waals surface area contributed by atoms with Crippen LogP contribution in [0.25, 0.3) is 0 Å². The molecule has 0 aliphatic heterocycles. The molecule has 0 aliphatic carbocycles. The molecule has 0 saturated carbocycles. The lowest BCUT2D eigenvalue weighted by atomic mass is 9.94. The Morgan fingerprint density at radius 3 is 2.42 bits per heavy atom. The molecule has 1 aromatic heterocycles. The summed E-state index contributed by atoms with van der Waals surface area (Å²) >= 11 is 0. The van der Waals surface area contributed by atoms with Gasteiger partial charge in [0.1, 0.15) is 5.82 Å². The molecule has 0 fully saturated rings. The number of carboxylic acid groups (broad SMARTS) is 1. The lowest BCUT2D eigenvalue weighted by molar-refractivity contribution is 0.0696. The van der Waals surface area contributed by atoms with E-state index in [0.717, 1.165) is 6.20 Å². The van der Waals surface area contributed by atoms with Gasteiger partial charge in [-0.05, 0) is 24.0 Å². The largest absolute Gasteiger partial charge is 0.478 e. The Hall–Kier alpha value is -1.63. The minimum absolute atomic E-state index is 0.00113. The van der Waals surface area contributed by atoms with Crippen molar-refractivity contribution in [2.24, 2.45) is 5.41 Å². The van der Waals surface area contributed by atoms with Gasteiger partial charge in [0, 0.05) is 6.20 Å². The molecule has 0 saturated heterocycles. The molecule has 7 heteroatoms. The van der Waals surface area contributed by atoms with Crippen molar-refractivity contribution in [3.05, 3.63) is 23.9 Å². The minimum atomic E-state index is -3.46. The van der Waals surface area contributed by atoms with Gasteiger partial charge in [-0.15, -0.1) is 0 Å². The van der Waals surface area contributed by atoms with Crippen LogP contribution in [-0.4, -0.2) is 30.2 Å². The number of pyridine rings is 1. The van der Waals surface area contributed by atoms with Crippen LogP contribution >= 0.6 is 0 Å². The molecule has 106 valence electrons. The van der Waals surface area contributed by atoms with Gasteiger partial charge in [-0.3, -0.25) is 4.72 Å². The van der Waals surface area contributed by atoms with Crippen LogP contribution in [0.3, 0.4) is 0 Å². The summed E-state index contributed by atoms with van der Waals surface area (Å²) in [4.78, 5) is 14.4. The Labute approximate surface area is 112 Å². The van der Waals surface area contributed by atoms with Crippen LogP contribution in [0.15, 0.2) is 18.3 Å². The summed E-state index contributed by atoms with van der Waals surface area (Å²) in [7, 11) is -3.46. The fraction of sp³-hybridized carbons (Fsp3) is 0.500. The number of nitrogens with zero attached hydrogens (tertiary/aromatic N) is 1. The minimum Gasteiger partial charge on any atom is -0.478 e. The first kappa shape index (κ1) is 15.4. The predicted molar refractivity (Wildman–Crippen MR) is 72.7 cm³/mol. The molecule has 0 unspecified atom stereocenters. The second kappa shape index (κ2) is 5.56. The molecule has 1 rings (SSSR count). The average molecular weight is 286 g/mol. The Morgan fingerprint density at radius 1 is 1.37 bits per heavy atom. The zero-order valence-electron chi connectivity index (χ0n) is 11.2. The standard InChI is InChI=1S/C12H18N2O4S/c1-12(2,3)6-7-19(17,18)14-10-5-4-9(8-13-10)11(15)16/h4-5,8H,6-7H2,1-3H3,(H,13,14)(H,15,16).